The summed E-state index contributed by atoms with van der Waals surface area (Å²) in [5.74, 6) is -0.313. The Morgan fingerprint density at radius 1 is 1.21 bits per heavy atom. The number of nitrogens with one attached hydrogen (secondary N) is 1. The van der Waals surface area contributed by atoms with Gasteiger partial charge in [0.05, 0.1) is 17.4 Å². The number of hydrogen-bond acceptors (Lipinski definition) is 8. The molecule has 148 valence electrons. The Bertz CT molecular complexity index is 1190. The van der Waals surface area contributed by atoms with E-state index in [-0.39, 0.29) is 25.0 Å². The van der Waals surface area contributed by atoms with Crippen molar-refractivity contribution in [3.63, 3.8) is 0 Å². The summed E-state index contributed by atoms with van der Waals surface area (Å²) >= 11 is 2.44. The first-order chi connectivity index (χ1) is 13.2. The van der Waals surface area contributed by atoms with E-state index in [4.69, 9.17) is 5.73 Å². The average molecular weight is 438 g/mol. The van der Waals surface area contributed by atoms with Crippen molar-refractivity contribution in [3.8, 4) is 0 Å². The molecule has 0 bridgehead atoms. The van der Waals surface area contributed by atoms with Crippen LogP contribution in [0.4, 0.5) is 5.69 Å². The highest BCUT2D eigenvalue weighted by Crippen LogP contribution is 2.35. The van der Waals surface area contributed by atoms with E-state index in [1.807, 2.05) is 20.8 Å². The van der Waals surface area contributed by atoms with Crippen molar-refractivity contribution >= 4 is 54.5 Å². The number of nitrogens with two attached hydrogens (primary N) is 1. The SMILES string of the molecule is Cc1ccc(S(=O)(=O)N2CC(NC(=O)c3sc4nnc(C)c(C)c4c3N)C2)s1. The number of fused-ring (bicyclic) bond motifs is 1. The van der Waals surface area contributed by atoms with Crippen molar-refractivity contribution in [3.05, 3.63) is 33.1 Å². The fraction of sp³-hybridized carbons (Fsp3) is 0.353. The van der Waals surface area contributed by atoms with E-state index in [9.17, 15) is 13.2 Å². The third kappa shape index (κ3) is 3.08. The molecule has 3 N–H and O–H groups in total. The van der Waals surface area contributed by atoms with Crippen LogP contribution in [0.3, 0.4) is 0 Å². The van der Waals surface area contributed by atoms with Crippen LogP contribution >= 0.6 is 22.7 Å². The molecule has 1 aliphatic heterocycles. The van der Waals surface area contributed by atoms with Crippen LogP contribution in [0, 0.1) is 20.8 Å². The predicted molar refractivity (Wildman–Crippen MR) is 110 cm³/mol. The summed E-state index contributed by atoms with van der Waals surface area (Å²) in [5.41, 5.74) is 8.27. The van der Waals surface area contributed by atoms with Gasteiger partial charge >= 0.3 is 0 Å². The Morgan fingerprint density at radius 3 is 2.57 bits per heavy atom. The number of anilines is 1. The van der Waals surface area contributed by atoms with Crippen molar-refractivity contribution in [2.75, 3.05) is 18.8 Å². The van der Waals surface area contributed by atoms with Crippen LogP contribution in [0.5, 0.6) is 0 Å². The number of sulfonamides is 1. The lowest BCUT2D eigenvalue weighted by Crippen LogP contribution is -2.60. The summed E-state index contributed by atoms with van der Waals surface area (Å²) < 4.78 is 26.8. The Labute approximate surface area is 170 Å². The molecule has 0 aromatic carbocycles. The fourth-order valence-electron chi connectivity index (χ4n) is 3.06. The average Bonchev–Trinajstić information content (AvgIpc) is 3.18. The zero-order valence-electron chi connectivity index (χ0n) is 15.5. The van der Waals surface area contributed by atoms with Gasteiger partial charge in [0.25, 0.3) is 15.9 Å². The van der Waals surface area contributed by atoms with E-state index in [0.29, 0.717) is 19.6 Å². The van der Waals surface area contributed by atoms with E-state index < -0.39 is 10.0 Å². The molecule has 0 unspecified atom stereocenters. The molecule has 1 saturated heterocycles. The molecule has 28 heavy (non-hydrogen) atoms. The van der Waals surface area contributed by atoms with Gasteiger partial charge in [0, 0.05) is 23.4 Å². The summed E-state index contributed by atoms with van der Waals surface area (Å²) in [4.78, 5) is 14.6. The van der Waals surface area contributed by atoms with Crippen LogP contribution in [0.2, 0.25) is 0 Å². The highest BCUT2D eigenvalue weighted by molar-refractivity contribution is 7.91. The van der Waals surface area contributed by atoms with Crippen LogP contribution in [0.15, 0.2) is 16.3 Å². The molecule has 11 heteroatoms. The Morgan fingerprint density at radius 2 is 1.93 bits per heavy atom. The summed E-state index contributed by atoms with van der Waals surface area (Å²) in [6, 6.07) is 3.15. The van der Waals surface area contributed by atoms with Crippen molar-refractivity contribution in [2.45, 2.75) is 31.0 Å². The minimum atomic E-state index is -3.49. The topological polar surface area (TPSA) is 118 Å². The molecule has 3 aromatic heterocycles. The maximum absolute atomic E-state index is 12.7. The van der Waals surface area contributed by atoms with Crippen molar-refractivity contribution in [1.82, 2.24) is 19.8 Å². The minimum Gasteiger partial charge on any atom is -0.397 e. The number of nitrogens with zero attached hydrogens (tertiary/aromatic N) is 3. The molecule has 0 saturated carbocycles. The molecular formula is C17H19N5O3S3. The number of carbonyl (C=O) groups excluding carboxylic acids is 1. The number of thiophene rings is 2. The molecule has 1 fully saturated rings. The van der Waals surface area contributed by atoms with E-state index in [0.717, 1.165) is 21.5 Å². The maximum atomic E-state index is 12.7. The molecule has 8 nitrogen and oxygen atoms in total. The van der Waals surface area contributed by atoms with Gasteiger partial charge in [-0.1, -0.05) is 0 Å². The number of carbonyl (C=O) groups is 1. The van der Waals surface area contributed by atoms with E-state index in [2.05, 4.69) is 15.5 Å². The van der Waals surface area contributed by atoms with Crippen molar-refractivity contribution in [1.29, 1.82) is 0 Å². The molecule has 0 radical (unpaired) electrons. The van der Waals surface area contributed by atoms with Gasteiger partial charge in [0.15, 0.2) is 0 Å². The van der Waals surface area contributed by atoms with Gasteiger partial charge < -0.3 is 11.1 Å². The first kappa shape index (κ1) is 19.2. The fourth-order valence-corrected chi connectivity index (χ4v) is 7.04. The maximum Gasteiger partial charge on any atom is 0.263 e. The lowest BCUT2D eigenvalue weighted by Gasteiger charge is -2.37. The zero-order chi connectivity index (χ0) is 20.2. The minimum absolute atomic E-state index is 0.244. The molecule has 0 aliphatic carbocycles. The molecule has 4 rings (SSSR count). The van der Waals surface area contributed by atoms with Gasteiger partial charge in [0.2, 0.25) is 0 Å². The number of rotatable bonds is 4. The molecule has 1 amide bonds. The Hall–Kier alpha value is -2.08. The number of nitrogen functional groups attached to an aromatic ring is 1. The molecular weight excluding hydrogens is 418 g/mol. The standard InChI is InChI=1S/C17H19N5O3S3/c1-8-4-5-12(26-8)28(24,25)22-6-11(7-22)19-16(23)15-14(18)13-9(2)10(3)20-21-17(13)27-15/h4-5,11H,6-7,18H2,1-3H3,(H,19,23). The normalized spacial score (nSPS) is 15.7. The van der Waals surface area contributed by atoms with Crippen LogP contribution in [-0.2, 0) is 10.0 Å². The monoisotopic (exact) mass is 437 g/mol. The van der Waals surface area contributed by atoms with Crippen molar-refractivity contribution in [2.24, 2.45) is 0 Å². The number of hydrogen-bond donors (Lipinski definition) is 2. The van der Waals surface area contributed by atoms with E-state index in [1.54, 1.807) is 12.1 Å². The lowest BCUT2D eigenvalue weighted by atomic mass is 10.1. The summed E-state index contributed by atoms with van der Waals surface area (Å²) in [6.45, 7) is 6.10. The van der Waals surface area contributed by atoms with E-state index >= 15 is 0 Å². The Balaban J connectivity index is 1.47. The Kier molecular flexibility index (Phi) is 4.65. The van der Waals surface area contributed by atoms with Gasteiger partial charge in [-0.15, -0.1) is 27.8 Å². The van der Waals surface area contributed by atoms with Gasteiger partial charge in [-0.25, -0.2) is 8.42 Å². The predicted octanol–water partition coefficient (Wildman–Crippen LogP) is 2.06. The highest BCUT2D eigenvalue weighted by Gasteiger charge is 2.38. The first-order valence-corrected chi connectivity index (χ1v) is 11.6. The van der Waals surface area contributed by atoms with E-state index in [1.165, 1.54) is 27.0 Å². The van der Waals surface area contributed by atoms with Gasteiger partial charge in [0.1, 0.15) is 13.9 Å². The second-order valence-corrected chi connectivity index (χ2v) is 11.2. The van der Waals surface area contributed by atoms with Gasteiger partial charge in [-0.3, -0.25) is 4.79 Å². The third-order valence-electron chi connectivity index (χ3n) is 4.83. The number of amides is 1. The second-order valence-electron chi connectivity index (χ2n) is 6.79. The number of aromatic nitrogens is 2. The van der Waals surface area contributed by atoms with Crippen molar-refractivity contribution < 1.29 is 13.2 Å². The van der Waals surface area contributed by atoms with Crippen LogP contribution in [0.1, 0.15) is 25.8 Å². The van der Waals surface area contributed by atoms with Crippen LogP contribution < -0.4 is 11.1 Å². The highest BCUT2D eigenvalue weighted by atomic mass is 32.2. The summed E-state index contributed by atoms with van der Waals surface area (Å²) in [6.07, 6.45) is 0. The lowest BCUT2D eigenvalue weighted by molar-refractivity contribution is 0.0900. The molecule has 1 aliphatic rings. The molecule has 0 spiro atoms. The van der Waals surface area contributed by atoms with Gasteiger partial charge in [-0.2, -0.15) is 9.40 Å². The van der Waals surface area contributed by atoms with Gasteiger partial charge in [-0.05, 0) is 38.5 Å². The first-order valence-electron chi connectivity index (χ1n) is 8.57. The summed E-state index contributed by atoms with van der Waals surface area (Å²) in [7, 11) is -3.49. The zero-order valence-corrected chi connectivity index (χ0v) is 18.0. The number of aryl methyl sites for hydroxylation is 3. The molecule has 0 atom stereocenters. The van der Waals surface area contributed by atoms with Crippen LogP contribution in [0.25, 0.3) is 10.2 Å². The molecule has 3 aromatic rings. The smallest absolute Gasteiger partial charge is 0.263 e. The molecule has 4 heterocycles. The largest absolute Gasteiger partial charge is 0.397 e. The summed E-state index contributed by atoms with van der Waals surface area (Å²) in [5, 5.41) is 11.8. The van der Waals surface area contributed by atoms with Crippen LogP contribution in [-0.4, -0.2) is 48.0 Å². The quantitative estimate of drug-likeness (QED) is 0.645. The second kappa shape index (κ2) is 6.76. The third-order valence-corrected chi connectivity index (χ3v) is 9.22.